The number of nitrogens with one attached hydrogen (secondary N) is 2. The largest absolute Gasteiger partial charge is 0.489 e. The molecular formula is C23H19N3O5. The maximum absolute atomic E-state index is 12.2. The Morgan fingerprint density at radius 2 is 1.58 bits per heavy atom. The fraction of sp³-hybridized carbons (Fsp3) is 0.0435. The van der Waals surface area contributed by atoms with Crippen molar-refractivity contribution in [1.82, 2.24) is 10.9 Å². The third kappa shape index (κ3) is 6.26. The van der Waals surface area contributed by atoms with Crippen molar-refractivity contribution < 1.29 is 19.2 Å². The summed E-state index contributed by atoms with van der Waals surface area (Å²) in [6.45, 7) is 0.360. The van der Waals surface area contributed by atoms with E-state index < -0.39 is 16.7 Å². The van der Waals surface area contributed by atoms with Gasteiger partial charge in [-0.05, 0) is 42.0 Å². The van der Waals surface area contributed by atoms with Gasteiger partial charge in [0.1, 0.15) is 12.4 Å². The number of nitro benzene ring substituents is 1. The van der Waals surface area contributed by atoms with Crippen molar-refractivity contribution in [1.29, 1.82) is 0 Å². The van der Waals surface area contributed by atoms with Crippen molar-refractivity contribution >= 4 is 23.6 Å². The second kappa shape index (κ2) is 10.4. The van der Waals surface area contributed by atoms with E-state index in [0.29, 0.717) is 12.2 Å². The Balaban J connectivity index is 1.50. The molecule has 3 aromatic rings. The first-order valence-electron chi connectivity index (χ1n) is 9.31. The molecule has 31 heavy (non-hydrogen) atoms. The molecule has 3 aromatic carbocycles. The lowest BCUT2D eigenvalue weighted by Gasteiger charge is -2.08. The first-order chi connectivity index (χ1) is 15.0. The van der Waals surface area contributed by atoms with E-state index in [1.165, 1.54) is 24.3 Å². The summed E-state index contributed by atoms with van der Waals surface area (Å²) in [6.07, 6.45) is 2.41. The van der Waals surface area contributed by atoms with E-state index >= 15 is 0 Å². The minimum absolute atomic E-state index is 0.119. The normalized spacial score (nSPS) is 10.5. The highest BCUT2D eigenvalue weighted by atomic mass is 16.6. The molecule has 2 amide bonds. The molecule has 0 saturated carbocycles. The monoisotopic (exact) mass is 417 g/mol. The summed E-state index contributed by atoms with van der Waals surface area (Å²) in [7, 11) is 0. The van der Waals surface area contributed by atoms with Crippen LogP contribution in [0.25, 0.3) is 6.08 Å². The van der Waals surface area contributed by atoms with Gasteiger partial charge in [-0.2, -0.15) is 0 Å². The van der Waals surface area contributed by atoms with Crippen molar-refractivity contribution in [3.8, 4) is 5.75 Å². The van der Waals surface area contributed by atoms with Gasteiger partial charge < -0.3 is 4.74 Å². The molecule has 0 aromatic heterocycles. The number of nitro groups is 1. The van der Waals surface area contributed by atoms with Crippen LogP contribution in [0.4, 0.5) is 5.69 Å². The van der Waals surface area contributed by atoms with Crippen LogP contribution >= 0.6 is 0 Å². The zero-order valence-electron chi connectivity index (χ0n) is 16.4. The standard InChI is InChI=1S/C23H19N3O5/c27-22(15-14-18-6-4-5-9-21(18)26(29)30)24-25-23(28)19-12-10-17(11-13-19)16-31-20-7-2-1-3-8-20/h1-15H,16H2,(H,24,27)(H,25,28)/b15-14+. The predicted octanol–water partition coefficient (Wildman–Crippen LogP) is 3.65. The molecule has 0 fully saturated rings. The highest BCUT2D eigenvalue weighted by Crippen LogP contribution is 2.18. The summed E-state index contributed by atoms with van der Waals surface area (Å²) in [5, 5.41) is 11.0. The quantitative estimate of drug-likeness (QED) is 0.346. The molecule has 3 rings (SSSR count). The van der Waals surface area contributed by atoms with Gasteiger partial charge in [-0.25, -0.2) is 0 Å². The summed E-state index contributed by atoms with van der Waals surface area (Å²) in [5.41, 5.74) is 5.94. The van der Waals surface area contributed by atoms with Gasteiger partial charge in [-0.15, -0.1) is 0 Å². The first kappa shape index (κ1) is 21.3. The molecule has 156 valence electrons. The summed E-state index contributed by atoms with van der Waals surface area (Å²) in [5.74, 6) is -0.372. The Morgan fingerprint density at radius 3 is 2.29 bits per heavy atom. The Labute approximate surface area is 178 Å². The molecule has 0 unspecified atom stereocenters. The van der Waals surface area contributed by atoms with E-state index in [2.05, 4.69) is 10.9 Å². The molecule has 0 saturated heterocycles. The van der Waals surface area contributed by atoms with Crippen molar-refractivity contribution in [2.24, 2.45) is 0 Å². The van der Waals surface area contributed by atoms with Crippen LogP contribution in [0.5, 0.6) is 5.75 Å². The zero-order chi connectivity index (χ0) is 22.1. The molecule has 8 heteroatoms. The molecule has 0 bridgehead atoms. The SMILES string of the molecule is O=C(/C=C/c1ccccc1[N+](=O)[O-])NNC(=O)c1ccc(COc2ccccc2)cc1. The van der Waals surface area contributed by atoms with E-state index in [-0.39, 0.29) is 11.3 Å². The minimum Gasteiger partial charge on any atom is -0.489 e. The summed E-state index contributed by atoms with van der Waals surface area (Å²) < 4.78 is 5.65. The molecule has 0 radical (unpaired) electrons. The van der Waals surface area contributed by atoms with Crippen LogP contribution < -0.4 is 15.6 Å². The number of carbonyl (C=O) groups excluding carboxylic acids is 2. The molecule has 8 nitrogen and oxygen atoms in total. The fourth-order valence-electron chi connectivity index (χ4n) is 2.63. The maximum Gasteiger partial charge on any atom is 0.276 e. The number of hydrogen-bond acceptors (Lipinski definition) is 5. The van der Waals surface area contributed by atoms with Crippen LogP contribution in [0.2, 0.25) is 0 Å². The number of hydrazine groups is 1. The molecule has 0 spiro atoms. The molecular weight excluding hydrogens is 398 g/mol. The average molecular weight is 417 g/mol. The van der Waals surface area contributed by atoms with E-state index in [0.717, 1.165) is 17.4 Å². The number of rotatable bonds is 7. The second-order valence-electron chi connectivity index (χ2n) is 6.39. The van der Waals surface area contributed by atoms with Gasteiger partial charge >= 0.3 is 0 Å². The lowest BCUT2D eigenvalue weighted by atomic mass is 10.1. The smallest absolute Gasteiger partial charge is 0.276 e. The number of hydrogen-bond donors (Lipinski definition) is 2. The van der Waals surface area contributed by atoms with Crippen LogP contribution in [0, 0.1) is 10.1 Å². The Bertz CT molecular complexity index is 1100. The van der Waals surface area contributed by atoms with Gasteiger partial charge in [0.2, 0.25) is 0 Å². The van der Waals surface area contributed by atoms with E-state index in [4.69, 9.17) is 4.74 Å². The van der Waals surface area contributed by atoms with Gasteiger partial charge in [-0.1, -0.05) is 42.5 Å². The van der Waals surface area contributed by atoms with E-state index in [1.807, 2.05) is 30.3 Å². The molecule has 0 atom stereocenters. The van der Waals surface area contributed by atoms with Crippen LogP contribution in [-0.2, 0) is 11.4 Å². The number of benzene rings is 3. The van der Waals surface area contributed by atoms with Gasteiger partial charge in [-0.3, -0.25) is 30.6 Å². The third-order valence-electron chi connectivity index (χ3n) is 4.21. The van der Waals surface area contributed by atoms with Gasteiger partial charge in [0, 0.05) is 17.7 Å². The van der Waals surface area contributed by atoms with Crippen molar-refractivity contribution in [3.63, 3.8) is 0 Å². The molecule has 0 heterocycles. The van der Waals surface area contributed by atoms with Crippen molar-refractivity contribution in [3.05, 3.63) is 112 Å². The fourth-order valence-corrected chi connectivity index (χ4v) is 2.63. The third-order valence-corrected chi connectivity index (χ3v) is 4.21. The molecule has 0 aliphatic rings. The Kier molecular flexibility index (Phi) is 7.10. The number of carbonyl (C=O) groups is 2. The summed E-state index contributed by atoms with van der Waals surface area (Å²) in [6, 6.07) is 22.2. The lowest BCUT2D eigenvalue weighted by Crippen LogP contribution is -2.40. The molecule has 0 aliphatic heterocycles. The van der Waals surface area contributed by atoms with E-state index in [1.54, 1.807) is 30.3 Å². The Morgan fingerprint density at radius 1 is 0.903 bits per heavy atom. The number of nitrogens with zero attached hydrogens (tertiary/aromatic N) is 1. The van der Waals surface area contributed by atoms with E-state index in [9.17, 15) is 19.7 Å². The number of para-hydroxylation sites is 2. The van der Waals surface area contributed by atoms with Gasteiger partial charge in [0.15, 0.2) is 0 Å². The Hall–Kier alpha value is -4.46. The molecule has 2 N–H and O–H groups in total. The van der Waals surface area contributed by atoms with Crippen molar-refractivity contribution in [2.45, 2.75) is 6.61 Å². The minimum atomic E-state index is -0.626. The van der Waals surface area contributed by atoms with Crippen LogP contribution in [0.15, 0.2) is 84.9 Å². The average Bonchev–Trinajstić information content (AvgIpc) is 2.81. The lowest BCUT2D eigenvalue weighted by molar-refractivity contribution is -0.385. The second-order valence-corrected chi connectivity index (χ2v) is 6.39. The number of amides is 2. The van der Waals surface area contributed by atoms with Crippen molar-refractivity contribution in [2.75, 3.05) is 0 Å². The van der Waals surface area contributed by atoms with Gasteiger partial charge in [0.05, 0.1) is 10.5 Å². The van der Waals surface area contributed by atoms with Crippen LogP contribution in [0.3, 0.4) is 0 Å². The maximum atomic E-state index is 12.2. The van der Waals surface area contributed by atoms with Crippen LogP contribution in [-0.4, -0.2) is 16.7 Å². The highest BCUT2D eigenvalue weighted by Gasteiger charge is 2.10. The zero-order valence-corrected chi connectivity index (χ0v) is 16.4. The first-order valence-corrected chi connectivity index (χ1v) is 9.31. The van der Waals surface area contributed by atoms with Gasteiger partial charge in [0.25, 0.3) is 17.5 Å². The highest BCUT2D eigenvalue weighted by molar-refractivity contribution is 5.98. The summed E-state index contributed by atoms with van der Waals surface area (Å²) in [4.78, 5) is 34.5. The summed E-state index contributed by atoms with van der Waals surface area (Å²) >= 11 is 0. The number of ether oxygens (including phenoxy) is 1. The predicted molar refractivity (Wildman–Crippen MR) is 115 cm³/mol. The molecule has 0 aliphatic carbocycles. The van der Waals surface area contributed by atoms with Crippen LogP contribution in [0.1, 0.15) is 21.5 Å². The topological polar surface area (TPSA) is 111 Å².